The van der Waals surface area contributed by atoms with Gasteiger partial charge in [0.2, 0.25) is 0 Å². The molecule has 2 aliphatic heterocycles. The summed E-state index contributed by atoms with van der Waals surface area (Å²) >= 11 is 0. The van der Waals surface area contributed by atoms with Gasteiger partial charge in [-0.2, -0.15) is 0 Å². The predicted molar refractivity (Wildman–Crippen MR) is 98.4 cm³/mol. The van der Waals surface area contributed by atoms with E-state index in [9.17, 15) is 35.4 Å². The van der Waals surface area contributed by atoms with Crippen molar-refractivity contribution >= 4 is 6.47 Å². The Hall–Kier alpha value is -0.970. The maximum atomic E-state index is 10.7. The lowest BCUT2D eigenvalue weighted by Gasteiger charge is -2.46. The standard InChI is InChI=1S/C18H32O13/c1-2-3-26-4-5-27-18-16(13(24)11(22)9(6-19)30-18)31-17-14(25)15(28-8-21)12(23)10(7-20)29-17/h8-20,22-25H,2-7H2,1H3/t9-,10+,11+,12+,13-,14-,15+,16-,17+,18-/m0/s1. The molecule has 0 aromatic heterocycles. The molecule has 2 aliphatic rings. The molecule has 13 nitrogen and oxygen atoms in total. The molecule has 2 fully saturated rings. The third-order valence-corrected chi connectivity index (χ3v) is 5.01. The number of ether oxygens (including phenoxy) is 6. The summed E-state index contributed by atoms with van der Waals surface area (Å²) in [5.41, 5.74) is 0. The van der Waals surface area contributed by atoms with E-state index in [0.29, 0.717) is 6.61 Å². The molecular formula is C18H32O13. The van der Waals surface area contributed by atoms with Gasteiger partial charge in [0.1, 0.15) is 42.7 Å². The Morgan fingerprint density at radius 2 is 1.45 bits per heavy atom. The van der Waals surface area contributed by atoms with E-state index in [2.05, 4.69) is 0 Å². The van der Waals surface area contributed by atoms with Crippen LogP contribution in [0.5, 0.6) is 0 Å². The minimum absolute atomic E-state index is 0.0182. The molecule has 0 aliphatic carbocycles. The van der Waals surface area contributed by atoms with Crippen LogP contribution in [0.4, 0.5) is 0 Å². The Morgan fingerprint density at radius 3 is 2.06 bits per heavy atom. The normalized spacial score (nSPS) is 41.1. The number of hydrogen-bond acceptors (Lipinski definition) is 13. The minimum Gasteiger partial charge on any atom is -0.459 e. The number of carbonyl (C=O) groups is 1. The SMILES string of the molecule is CCCOCCO[C@H]1O[C@@H](CO)[C@@H](O)[C@H](O)[C@@H]1O[C@H]1O[C@H](CO)[C@@H](O)[C@@H](OC=O)[C@@H]1O. The molecule has 31 heavy (non-hydrogen) atoms. The second-order valence-corrected chi connectivity index (χ2v) is 7.19. The van der Waals surface area contributed by atoms with Crippen LogP contribution in [0, 0.1) is 0 Å². The summed E-state index contributed by atoms with van der Waals surface area (Å²) in [6.45, 7) is 1.43. The van der Waals surface area contributed by atoms with E-state index in [4.69, 9.17) is 28.4 Å². The minimum atomic E-state index is -1.70. The Morgan fingerprint density at radius 1 is 0.806 bits per heavy atom. The Labute approximate surface area is 179 Å². The van der Waals surface area contributed by atoms with Crippen LogP contribution in [0.15, 0.2) is 0 Å². The zero-order valence-corrected chi connectivity index (χ0v) is 17.1. The summed E-state index contributed by atoms with van der Waals surface area (Å²) in [7, 11) is 0. The lowest BCUT2D eigenvalue weighted by Crippen LogP contribution is -2.65. The maximum Gasteiger partial charge on any atom is 0.293 e. The van der Waals surface area contributed by atoms with Gasteiger partial charge < -0.3 is 59.1 Å². The number of aliphatic hydroxyl groups excluding tert-OH is 6. The van der Waals surface area contributed by atoms with E-state index in [-0.39, 0.29) is 19.7 Å². The van der Waals surface area contributed by atoms with Crippen molar-refractivity contribution < 1.29 is 63.9 Å². The third-order valence-electron chi connectivity index (χ3n) is 5.01. The summed E-state index contributed by atoms with van der Waals surface area (Å²) < 4.78 is 31.9. The Kier molecular flexibility index (Phi) is 10.9. The van der Waals surface area contributed by atoms with Crippen LogP contribution in [0.3, 0.4) is 0 Å². The van der Waals surface area contributed by atoms with Gasteiger partial charge in [-0.25, -0.2) is 0 Å². The molecule has 0 amide bonds. The number of carbonyl (C=O) groups excluding carboxylic acids is 1. The van der Waals surface area contributed by atoms with Gasteiger partial charge in [0.05, 0.1) is 26.4 Å². The molecule has 0 aromatic rings. The molecule has 0 saturated carbocycles. The van der Waals surface area contributed by atoms with Crippen LogP contribution in [0.25, 0.3) is 0 Å². The Bertz CT molecular complexity index is 523. The van der Waals surface area contributed by atoms with Crippen molar-refractivity contribution in [3.05, 3.63) is 0 Å². The lowest BCUT2D eigenvalue weighted by atomic mass is 9.97. The number of hydrogen-bond donors (Lipinski definition) is 6. The van der Waals surface area contributed by atoms with Crippen molar-refractivity contribution in [2.45, 2.75) is 74.8 Å². The molecule has 10 atom stereocenters. The van der Waals surface area contributed by atoms with Gasteiger partial charge in [0.25, 0.3) is 6.47 Å². The zero-order chi connectivity index (χ0) is 23.0. The van der Waals surface area contributed by atoms with Gasteiger partial charge in [-0.3, -0.25) is 4.79 Å². The predicted octanol–water partition coefficient (Wildman–Crippen LogP) is -3.77. The largest absolute Gasteiger partial charge is 0.459 e. The molecule has 6 N–H and O–H groups in total. The number of aliphatic hydroxyl groups is 6. The van der Waals surface area contributed by atoms with Gasteiger partial charge >= 0.3 is 0 Å². The Balaban J connectivity index is 2.13. The van der Waals surface area contributed by atoms with E-state index < -0.39 is 74.6 Å². The monoisotopic (exact) mass is 456 g/mol. The van der Waals surface area contributed by atoms with Crippen molar-refractivity contribution in [1.82, 2.24) is 0 Å². The number of rotatable bonds is 12. The highest BCUT2D eigenvalue weighted by molar-refractivity contribution is 5.38. The molecule has 2 rings (SSSR count). The second kappa shape index (κ2) is 12.9. The first-order chi connectivity index (χ1) is 14.9. The fraction of sp³-hybridized carbons (Fsp3) is 0.944. The second-order valence-electron chi connectivity index (χ2n) is 7.19. The smallest absolute Gasteiger partial charge is 0.293 e. The molecule has 0 radical (unpaired) electrons. The topological polar surface area (TPSA) is 194 Å². The van der Waals surface area contributed by atoms with Gasteiger partial charge in [-0.05, 0) is 6.42 Å². The zero-order valence-electron chi connectivity index (χ0n) is 17.1. The van der Waals surface area contributed by atoms with E-state index in [1.54, 1.807) is 0 Å². The van der Waals surface area contributed by atoms with Gasteiger partial charge in [-0.1, -0.05) is 6.92 Å². The summed E-state index contributed by atoms with van der Waals surface area (Å²) in [6, 6.07) is 0. The van der Waals surface area contributed by atoms with Crippen molar-refractivity contribution in [1.29, 1.82) is 0 Å². The summed E-state index contributed by atoms with van der Waals surface area (Å²) in [5, 5.41) is 60.0. The molecule has 2 heterocycles. The van der Waals surface area contributed by atoms with Crippen molar-refractivity contribution in [2.75, 3.05) is 33.0 Å². The van der Waals surface area contributed by atoms with E-state index >= 15 is 0 Å². The molecule has 182 valence electrons. The van der Waals surface area contributed by atoms with Gasteiger partial charge in [-0.15, -0.1) is 0 Å². The molecule has 2 saturated heterocycles. The average molecular weight is 456 g/mol. The molecule has 0 unspecified atom stereocenters. The molecule has 0 aromatic carbocycles. The fourth-order valence-corrected chi connectivity index (χ4v) is 3.35. The quantitative estimate of drug-likeness (QED) is 0.124. The van der Waals surface area contributed by atoms with E-state index in [1.165, 1.54) is 0 Å². The first kappa shape index (κ1) is 26.3. The third kappa shape index (κ3) is 6.52. The van der Waals surface area contributed by atoms with E-state index in [0.717, 1.165) is 6.42 Å². The highest BCUT2D eigenvalue weighted by Crippen LogP contribution is 2.30. The van der Waals surface area contributed by atoms with Crippen LogP contribution in [0.2, 0.25) is 0 Å². The summed E-state index contributed by atoms with van der Waals surface area (Å²) in [6.07, 6.45) is -13.8. The molecule has 0 spiro atoms. The van der Waals surface area contributed by atoms with Crippen molar-refractivity contribution in [3.63, 3.8) is 0 Å². The van der Waals surface area contributed by atoms with Crippen LogP contribution < -0.4 is 0 Å². The highest BCUT2D eigenvalue weighted by atomic mass is 16.8. The maximum absolute atomic E-state index is 10.7. The molecular weight excluding hydrogens is 424 g/mol. The van der Waals surface area contributed by atoms with Crippen molar-refractivity contribution in [3.8, 4) is 0 Å². The first-order valence-corrected chi connectivity index (χ1v) is 10.1. The van der Waals surface area contributed by atoms with Gasteiger partial charge in [0, 0.05) is 6.61 Å². The van der Waals surface area contributed by atoms with E-state index in [1.807, 2.05) is 6.92 Å². The summed E-state index contributed by atoms with van der Waals surface area (Å²) in [5.74, 6) is 0. The highest BCUT2D eigenvalue weighted by Gasteiger charge is 2.51. The molecule has 13 heteroatoms. The first-order valence-electron chi connectivity index (χ1n) is 10.1. The van der Waals surface area contributed by atoms with Crippen LogP contribution in [-0.4, -0.2) is 132 Å². The lowest BCUT2D eigenvalue weighted by molar-refractivity contribution is -0.367. The fourth-order valence-electron chi connectivity index (χ4n) is 3.35. The van der Waals surface area contributed by atoms with Crippen LogP contribution >= 0.6 is 0 Å². The average Bonchev–Trinajstić information content (AvgIpc) is 2.77. The molecule has 0 bridgehead atoms. The van der Waals surface area contributed by atoms with Crippen LogP contribution in [0.1, 0.15) is 13.3 Å². The van der Waals surface area contributed by atoms with Crippen LogP contribution in [-0.2, 0) is 33.2 Å². The summed E-state index contributed by atoms with van der Waals surface area (Å²) in [4.78, 5) is 10.7. The van der Waals surface area contributed by atoms with Crippen molar-refractivity contribution in [2.24, 2.45) is 0 Å². The van der Waals surface area contributed by atoms with Gasteiger partial charge in [0.15, 0.2) is 18.7 Å².